The maximum absolute atomic E-state index is 12.1. The van der Waals surface area contributed by atoms with E-state index in [9.17, 15) is 13.6 Å². The van der Waals surface area contributed by atoms with Crippen molar-refractivity contribution in [3.8, 4) is 5.75 Å². The summed E-state index contributed by atoms with van der Waals surface area (Å²) in [6.45, 7) is 0.333. The average Bonchev–Trinajstić information content (AvgIpc) is 2.51. The van der Waals surface area contributed by atoms with Crippen LogP contribution in [0.25, 0.3) is 0 Å². The number of likely N-dealkylation sites (N-methyl/N-ethyl adjacent to an activating group) is 1. The van der Waals surface area contributed by atoms with Crippen LogP contribution in [0.2, 0.25) is 0 Å². The summed E-state index contributed by atoms with van der Waals surface area (Å²) in [5, 5.41) is 3.10. The number of hydrogen-bond donors (Lipinski definition) is 1. The lowest BCUT2D eigenvalue weighted by Gasteiger charge is -2.27. The van der Waals surface area contributed by atoms with Crippen molar-refractivity contribution in [1.82, 2.24) is 10.2 Å². The Morgan fingerprint density at radius 2 is 1.88 bits per heavy atom. The van der Waals surface area contributed by atoms with Crippen molar-refractivity contribution in [2.75, 3.05) is 13.6 Å². The molecule has 0 radical (unpaired) electrons. The van der Waals surface area contributed by atoms with Crippen LogP contribution in [0.4, 0.5) is 8.78 Å². The van der Waals surface area contributed by atoms with Gasteiger partial charge in [-0.1, -0.05) is 19.1 Å². The van der Waals surface area contributed by atoms with Gasteiger partial charge in [-0.3, -0.25) is 9.69 Å². The van der Waals surface area contributed by atoms with Gasteiger partial charge in [-0.2, -0.15) is 8.78 Å². The smallest absolute Gasteiger partial charge is 0.387 e. The van der Waals surface area contributed by atoms with Gasteiger partial charge in [-0.25, -0.2) is 0 Å². The van der Waals surface area contributed by atoms with Crippen LogP contribution in [-0.2, 0) is 11.3 Å². The minimum absolute atomic E-state index is 0.0368. The summed E-state index contributed by atoms with van der Waals surface area (Å²) in [4.78, 5) is 14.0. The summed E-state index contributed by atoms with van der Waals surface area (Å²) in [6, 6.07) is 6.79. The lowest BCUT2D eigenvalue weighted by molar-refractivity contribution is -0.123. The van der Waals surface area contributed by atoms with Crippen LogP contribution in [0.5, 0.6) is 5.75 Å². The van der Waals surface area contributed by atoms with E-state index in [4.69, 9.17) is 0 Å². The molecule has 1 aromatic carbocycles. The van der Waals surface area contributed by atoms with Crippen molar-refractivity contribution in [1.29, 1.82) is 0 Å². The van der Waals surface area contributed by atoms with E-state index in [0.717, 1.165) is 24.3 Å². The van der Waals surface area contributed by atoms with Gasteiger partial charge in [0.2, 0.25) is 5.91 Å². The molecule has 0 bridgehead atoms. The number of benzene rings is 1. The minimum Gasteiger partial charge on any atom is -0.435 e. The molecule has 0 heterocycles. The van der Waals surface area contributed by atoms with Crippen molar-refractivity contribution in [3.05, 3.63) is 29.8 Å². The monoisotopic (exact) mass is 340 g/mol. The first-order valence-corrected chi connectivity index (χ1v) is 8.44. The zero-order valence-corrected chi connectivity index (χ0v) is 14.3. The number of halogens is 2. The maximum atomic E-state index is 12.1. The van der Waals surface area contributed by atoms with Gasteiger partial charge in [0.15, 0.2) is 0 Å². The van der Waals surface area contributed by atoms with Gasteiger partial charge in [-0.05, 0) is 56.3 Å². The van der Waals surface area contributed by atoms with Crippen LogP contribution in [0, 0.1) is 5.92 Å². The fourth-order valence-electron chi connectivity index (χ4n) is 3.07. The van der Waals surface area contributed by atoms with Crippen LogP contribution in [0.3, 0.4) is 0 Å². The van der Waals surface area contributed by atoms with Gasteiger partial charge < -0.3 is 10.1 Å². The van der Waals surface area contributed by atoms with Crippen molar-refractivity contribution in [2.45, 2.75) is 51.8 Å². The van der Waals surface area contributed by atoms with Gasteiger partial charge >= 0.3 is 6.61 Å². The molecule has 0 aliphatic heterocycles. The number of nitrogens with one attached hydrogen (secondary N) is 1. The number of amides is 1. The zero-order valence-electron chi connectivity index (χ0n) is 14.3. The molecule has 134 valence electrons. The molecule has 1 fully saturated rings. The van der Waals surface area contributed by atoms with E-state index in [1.165, 1.54) is 25.0 Å². The molecule has 1 aliphatic carbocycles. The second kappa shape index (κ2) is 8.97. The fraction of sp³-hybridized carbons (Fsp3) is 0.611. The maximum Gasteiger partial charge on any atom is 0.387 e. The van der Waals surface area contributed by atoms with E-state index < -0.39 is 6.61 Å². The highest BCUT2D eigenvalue weighted by Crippen LogP contribution is 2.23. The molecule has 0 aromatic heterocycles. The van der Waals surface area contributed by atoms with Gasteiger partial charge in [0.25, 0.3) is 0 Å². The molecule has 6 heteroatoms. The van der Waals surface area contributed by atoms with Gasteiger partial charge in [-0.15, -0.1) is 0 Å². The second-order valence-corrected chi connectivity index (χ2v) is 6.72. The summed E-state index contributed by atoms with van der Waals surface area (Å²) in [6.07, 6.45) is 4.46. The molecule has 0 saturated heterocycles. The Morgan fingerprint density at radius 3 is 2.46 bits per heavy atom. The quantitative estimate of drug-likeness (QED) is 0.827. The Balaban J connectivity index is 1.73. The van der Waals surface area contributed by atoms with E-state index in [-0.39, 0.29) is 11.7 Å². The molecule has 1 aliphatic rings. The Morgan fingerprint density at radius 1 is 1.25 bits per heavy atom. The third kappa shape index (κ3) is 6.43. The molecule has 4 nitrogen and oxygen atoms in total. The zero-order chi connectivity index (χ0) is 17.5. The molecule has 1 amide bonds. The molecule has 1 aromatic rings. The first-order valence-electron chi connectivity index (χ1n) is 8.44. The number of nitrogens with zero attached hydrogens (tertiary/aromatic N) is 1. The van der Waals surface area contributed by atoms with Crippen molar-refractivity contribution < 1.29 is 18.3 Å². The third-order valence-corrected chi connectivity index (χ3v) is 4.40. The first-order chi connectivity index (χ1) is 11.4. The van der Waals surface area contributed by atoms with Crippen molar-refractivity contribution >= 4 is 5.91 Å². The molecule has 2 rings (SSSR count). The molecule has 1 saturated carbocycles. The molecule has 0 atom stereocenters. The Hall–Kier alpha value is -1.69. The molecular formula is C18H26F2N2O2. The average molecular weight is 340 g/mol. The number of rotatable bonds is 7. The number of hydrogen-bond acceptors (Lipinski definition) is 3. The summed E-state index contributed by atoms with van der Waals surface area (Å²) < 4.78 is 28.5. The van der Waals surface area contributed by atoms with E-state index in [2.05, 4.69) is 17.0 Å². The molecular weight excluding hydrogens is 314 g/mol. The van der Waals surface area contributed by atoms with Crippen molar-refractivity contribution in [3.63, 3.8) is 0 Å². The van der Waals surface area contributed by atoms with Gasteiger partial charge in [0.05, 0.1) is 6.54 Å². The van der Waals surface area contributed by atoms with E-state index in [0.29, 0.717) is 19.1 Å². The number of carbonyl (C=O) groups excluding carboxylic acids is 1. The molecule has 1 N–H and O–H groups in total. The standard InChI is InChI=1S/C18H26F2N2O2/c1-13-3-7-15(8-4-13)21-17(23)12-22(2)11-14-5-9-16(10-6-14)24-18(19)20/h5-6,9-10,13,15,18H,3-4,7-8,11-12H2,1-2H3,(H,21,23). The Kier molecular flexibility index (Phi) is 6.97. The topological polar surface area (TPSA) is 41.6 Å². The Bertz CT molecular complexity index is 514. The molecule has 24 heavy (non-hydrogen) atoms. The number of alkyl halides is 2. The highest BCUT2D eigenvalue weighted by molar-refractivity contribution is 5.78. The van der Waals surface area contributed by atoms with Gasteiger partial charge in [0, 0.05) is 12.6 Å². The molecule has 0 spiro atoms. The predicted molar refractivity (Wildman–Crippen MR) is 89.0 cm³/mol. The Labute approximate surface area is 142 Å². The van der Waals surface area contributed by atoms with Crippen LogP contribution in [-0.4, -0.2) is 37.1 Å². The van der Waals surface area contributed by atoms with Crippen molar-refractivity contribution in [2.24, 2.45) is 5.92 Å². The highest BCUT2D eigenvalue weighted by atomic mass is 19.3. The van der Waals surface area contributed by atoms with E-state index in [1.54, 1.807) is 12.1 Å². The lowest BCUT2D eigenvalue weighted by Crippen LogP contribution is -2.42. The fourth-order valence-corrected chi connectivity index (χ4v) is 3.07. The molecule has 0 unspecified atom stereocenters. The predicted octanol–water partition coefficient (Wildman–Crippen LogP) is 3.41. The second-order valence-electron chi connectivity index (χ2n) is 6.72. The van der Waals surface area contributed by atoms with E-state index in [1.807, 2.05) is 11.9 Å². The summed E-state index contributed by atoms with van der Waals surface area (Å²) >= 11 is 0. The third-order valence-electron chi connectivity index (χ3n) is 4.40. The van der Waals surface area contributed by atoms with Crippen LogP contribution < -0.4 is 10.1 Å². The lowest BCUT2D eigenvalue weighted by atomic mass is 9.87. The van der Waals surface area contributed by atoms with Crippen LogP contribution >= 0.6 is 0 Å². The largest absolute Gasteiger partial charge is 0.435 e. The van der Waals surface area contributed by atoms with Crippen LogP contribution in [0.1, 0.15) is 38.2 Å². The highest BCUT2D eigenvalue weighted by Gasteiger charge is 2.20. The SMILES string of the molecule is CC1CCC(NC(=O)CN(C)Cc2ccc(OC(F)F)cc2)CC1. The summed E-state index contributed by atoms with van der Waals surface area (Å²) in [7, 11) is 1.87. The summed E-state index contributed by atoms with van der Waals surface area (Å²) in [5.41, 5.74) is 0.943. The van der Waals surface area contributed by atoms with E-state index >= 15 is 0 Å². The number of carbonyl (C=O) groups is 1. The summed E-state index contributed by atoms with van der Waals surface area (Å²) in [5.74, 6) is 0.938. The van der Waals surface area contributed by atoms with Gasteiger partial charge in [0.1, 0.15) is 5.75 Å². The normalized spacial score (nSPS) is 21.1. The minimum atomic E-state index is -2.81. The van der Waals surface area contributed by atoms with Crippen LogP contribution in [0.15, 0.2) is 24.3 Å². The number of ether oxygens (including phenoxy) is 1. The first kappa shape index (κ1) is 18.6.